The molecule has 2 heterocycles. The number of hydrogen-bond donors (Lipinski definition) is 2. The maximum Gasteiger partial charge on any atom is 0.322 e. The zero-order chi connectivity index (χ0) is 17.8. The van der Waals surface area contributed by atoms with E-state index in [0.717, 1.165) is 24.8 Å². The Morgan fingerprint density at radius 1 is 1.16 bits per heavy atom. The SMILES string of the molecule is O=C1NC(=O)C(CCC(=O)N2CCC(Cc3ccc(F)cc3)CC2)N1. The van der Waals surface area contributed by atoms with E-state index in [-0.39, 0.29) is 24.1 Å². The molecule has 0 aliphatic carbocycles. The highest BCUT2D eigenvalue weighted by molar-refractivity contribution is 6.04. The Hall–Kier alpha value is -2.44. The Labute approximate surface area is 145 Å². The van der Waals surface area contributed by atoms with Crippen molar-refractivity contribution in [2.45, 2.75) is 38.1 Å². The van der Waals surface area contributed by atoms with Crippen LogP contribution in [0.2, 0.25) is 0 Å². The quantitative estimate of drug-likeness (QED) is 0.794. The largest absolute Gasteiger partial charge is 0.343 e. The van der Waals surface area contributed by atoms with Crippen molar-refractivity contribution in [3.63, 3.8) is 0 Å². The third-order valence-corrected chi connectivity index (χ3v) is 4.91. The summed E-state index contributed by atoms with van der Waals surface area (Å²) in [4.78, 5) is 36.6. The highest BCUT2D eigenvalue weighted by atomic mass is 19.1. The number of urea groups is 1. The molecule has 2 fully saturated rings. The molecule has 1 unspecified atom stereocenters. The third kappa shape index (κ3) is 4.55. The first kappa shape index (κ1) is 17.4. The third-order valence-electron chi connectivity index (χ3n) is 4.91. The molecule has 4 amide bonds. The van der Waals surface area contributed by atoms with Crippen LogP contribution in [-0.4, -0.2) is 41.9 Å². The summed E-state index contributed by atoms with van der Waals surface area (Å²) in [5, 5.41) is 4.67. The van der Waals surface area contributed by atoms with Gasteiger partial charge >= 0.3 is 6.03 Å². The van der Waals surface area contributed by atoms with Crippen LogP contribution in [0.5, 0.6) is 0 Å². The Kier molecular flexibility index (Phi) is 5.31. The molecule has 0 radical (unpaired) electrons. The first-order valence-electron chi connectivity index (χ1n) is 8.65. The standard InChI is InChI=1S/C18H22FN3O3/c19-14-3-1-12(2-4-14)11-13-7-9-22(10-8-13)16(23)6-5-15-17(24)21-18(25)20-15/h1-4,13,15H,5-11H2,(H2,20,21,24,25). The van der Waals surface area contributed by atoms with E-state index in [2.05, 4.69) is 10.6 Å². The summed E-state index contributed by atoms with van der Waals surface area (Å²) < 4.78 is 12.9. The van der Waals surface area contributed by atoms with Crippen LogP contribution in [0.3, 0.4) is 0 Å². The van der Waals surface area contributed by atoms with Crippen LogP contribution in [0, 0.1) is 11.7 Å². The van der Waals surface area contributed by atoms with Crippen molar-refractivity contribution in [3.8, 4) is 0 Å². The van der Waals surface area contributed by atoms with Gasteiger partial charge in [-0.3, -0.25) is 14.9 Å². The Bertz CT molecular complexity index is 654. The Balaban J connectivity index is 1.41. The summed E-state index contributed by atoms with van der Waals surface area (Å²) in [5.74, 6) is -0.0734. The molecule has 1 aromatic rings. The predicted molar refractivity (Wildman–Crippen MR) is 89.1 cm³/mol. The minimum Gasteiger partial charge on any atom is -0.343 e. The van der Waals surface area contributed by atoms with Crippen LogP contribution in [0.15, 0.2) is 24.3 Å². The molecule has 6 nitrogen and oxygen atoms in total. The van der Waals surface area contributed by atoms with Gasteiger partial charge in [0.1, 0.15) is 11.9 Å². The van der Waals surface area contributed by atoms with Gasteiger partial charge in [0.05, 0.1) is 0 Å². The van der Waals surface area contributed by atoms with Gasteiger partial charge in [-0.15, -0.1) is 0 Å². The topological polar surface area (TPSA) is 78.5 Å². The number of amides is 4. The van der Waals surface area contributed by atoms with E-state index < -0.39 is 12.1 Å². The van der Waals surface area contributed by atoms with Crippen molar-refractivity contribution in [3.05, 3.63) is 35.6 Å². The first-order chi connectivity index (χ1) is 12.0. The van der Waals surface area contributed by atoms with Crippen LogP contribution in [0.25, 0.3) is 0 Å². The fourth-order valence-corrected chi connectivity index (χ4v) is 3.43. The van der Waals surface area contributed by atoms with Crippen molar-refractivity contribution in [1.29, 1.82) is 0 Å². The molecule has 25 heavy (non-hydrogen) atoms. The number of piperidine rings is 1. The van der Waals surface area contributed by atoms with Crippen LogP contribution in [0.1, 0.15) is 31.2 Å². The number of hydrogen-bond acceptors (Lipinski definition) is 3. The van der Waals surface area contributed by atoms with E-state index in [1.165, 1.54) is 12.1 Å². The average Bonchev–Trinajstić information content (AvgIpc) is 2.93. The molecule has 0 bridgehead atoms. The van der Waals surface area contributed by atoms with Crippen LogP contribution in [0.4, 0.5) is 9.18 Å². The maximum absolute atomic E-state index is 12.9. The minimum absolute atomic E-state index is 0.0224. The highest BCUT2D eigenvalue weighted by Crippen LogP contribution is 2.22. The van der Waals surface area contributed by atoms with Crippen molar-refractivity contribution in [2.24, 2.45) is 5.92 Å². The highest BCUT2D eigenvalue weighted by Gasteiger charge is 2.30. The molecule has 0 spiro atoms. The van der Waals surface area contributed by atoms with E-state index in [0.29, 0.717) is 25.4 Å². The summed E-state index contributed by atoms with van der Waals surface area (Å²) in [7, 11) is 0. The molecule has 1 aromatic carbocycles. The molecule has 2 aliphatic heterocycles. The zero-order valence-electron chi connectivity index (χ0n) is 14.0. The zero-order valence-corrected chi connectivity index (χ0v) is 14.0. The molecule has 134 valence electrons. The predicted octanol–water partition coefficient (Wildman–Crippen LogP) is 1.59. The number of rotatable bonds is 5. The minimum atomic E-state index is -0.604. The number of benzene rings is 1. The second-order valence-electron chi connectivity index (χ2n) is 6.71. The van der Waals surface area contributed by atoms with Gasteiger partial charge in [0.15, 0.2) is 0 Å². The van der Waals surface area contributed by atoms with Crippen molar-refractivity contribution in [2.75, 3.05) is 13.1 Å². The van der Waals surface area contributed by atoms with Crippen molar-refractivity contribution in [1.82, 2.24) is 15.5 Å². The van der Waals surface area contributed by atoms with Crippen LogP contribution in [-0.2, 0) is 16.0 Å². The summed E-state index contributed by atoms with van der Waals surface area (Å²) in [5.41, 5.74) is 1.12. The van der Waals surface area contributed by atoms with Crippen LogP contribution < -0.4 is 10.6 Å². The molecule has 3 rings (SSSR count). The lowest BCUT2D eigenvalue weighted by Crippen LogP contribution is -2.40. The maximum atomic E-state index is 12.9. The molecule has 0 saturated carbocycles. The van der Waals surface area contributed by atoms with Gasteiger partial charge in [-0.1, -0.05) is 12.1 Å². The molecule has 1 atom stereocenters. The smallest absolute Gasteiger partial charge is 0.322 e. The molecule has 2 saturated heterocycles. The van der Waals surface area contributed by atoms with Crippen molar-refractivity contribution >= 4 is 17.8 Å². The molecule has 0 aromatic heterocycles. The van der Waals surface area contributed by atoms with E-state index in [1.807, 2.05) is 17.0 Å². The fraction of sp³-hybridized carbons (Fsp3) is 0.500. The lowest BCUT2D eigenvalue weighted by molar-refractivity contribution is -0.132. The number of nitrogens with zero attached hydrogens (tertiary/aromatic N) is 1. The second kappa shape index (κ2) is 7.63. The van der Waals surface area contributed by atoms with E-state index in [4.69, 9.17) is 0 Å². The van der Waals surface area contributed by atoms with Gasteiger partial charge in [-0.05, 0) is 49.3 Å². The number of imide groups is 1. The number of carbonyl (C=O) groups is 3. The first-order valence-corrected chi connectivity index (χ1v) is 8.65. The van der Waals surface area contributed by atoms with Gasteiger partial charge in [-0.25, -0.2) is 9.18 Å². The monoisotopic (exact) mass is 347 g/mol. The van der Waals surface area contributed by atoms with E-state index in [9.17, 15) is 18.8 Å². The van der Waals surface area contributed by atoms with Gasteiger partial charge in [0, 0.05) is 19.5 Å². The molecule has 2 N–H and O–H groups in total. The lowest BCUT2D eigenvalue weighted by Gasteiger charge is -2.32. The van der Waals surface area contributed by atoms with E-state index >= 15 is 0 Å². The molecule has 7 heteroatoms. The van der Waals surface area contributed by atoms with Gasteiger partial charge in [-0.2, -0.15) is 0 Å². The lowest BCUT2D eigenvalue weighted by atomic mass is 9.90. The second-order valence-corrected chi connectivity index (χ2v) is 6.71. The average molecular weight is 347 g/mol. The van der Waals surface area contributed by atoms with Gasteiger partial charge < -0.3 is 10.2 Å². The normalized spacial score (nSPS) is 21.2. The summed E-state index contributed by atoms with van der Waals surface area (Å²) in [6, 6.07) is 5.48. The number of carbonyl (C=O) groups excluding carboxylic acids is 3. The number of likely N-dealkylation sites (tertiary alicyclic amines) is 1. The van der Waals surface area contributed by atoms with Gasteiger partial charge in [0.25, 0.3) is 5.91 Å². The fourth-order valence-electron chi connectivity index (χ4n) is 3.43. The van der Waals surface area contributed by atoms with Crippen LogP contribution >= 0.6 is 0 Å². The number of nitrogens with one attached hydrogen (secondary N) is 2. The summed E-state index contributed by atoms with van der Waals surface area (Å²) in [6.45, 7) is 1.40. The molecular formula is C18H22FN3O3. The molecular weight excluding hydrogens is 325 g/mol. The van der Waals surface area contributed by atoms with Crippen molar-refractivity contribution < 1.29 is 18.8 Å². The van der Waals surface area contributed by atoms with Gasteiger partial charge in [0.2, 0.25) is 5.91 Å². The number of halogens is 1. The van der Waals surface area contributed by atoms with E-state index in [1.54, 1.807) is 0 Å². The summed E-state index contributed by atoms with van der Waals surface area (Å²) in [6.07, 6.45) is 3.32. The Morgan fingerprint density at radius 3 is 2.44 bits per heavy atom. The molecule has 2 aliphatic rings. The Morgan fingerprint density at radius 2 is 1.84 bits per heavy atom. The summed E-state index contributed by atoms with van der Waals surface area (Å²) >= 11 is 0.